The SMILES string of the molecule is Cc1ccc(O[C@@H](C)C(=O)NCc2ccc(CN3CCOCC3)cc2)cc1C. The van der Waals surface area contributed by atoms with Crippen LogP contribution in [0.25, 0.3) is 0 Å². The molecular weight excluding hydrogens is 352 g/mol. The van der Waals surface area contributed by atoms with Crippen molar-refractivity contribution in [2.75, 3.05) is 26.3 Å². The van der Waals surface area contributed by atoms with E-state index in [1.54, 1.807) is 6.92 Å². The maximum atomic E-state index is 12.3. The number of carbonyl (C=O) groups is 1. The molecule has 1 heterocycles. The first-order chi connectivity index (χ1) is 13.5. The highest BCUT2D eigenvalue weighted by Gasteiger charge is 2.15. The van der Waals surface area contributed by atoms with Gasteiger partial charge in [0.15, 0.2) is 6.10 Å². The van der Waals surface area contributed by atoms with E-state index in [9.17, 15) is 4.79 Å². The first kappa shape index (κ1) is 20.4. The molecule has 28 heavy (non-hydrogen) atoms. The first-order valence-electron chi connectivity index (χ1n) is 9.91. The minimum Gasteiger partial charge on any atom is -0.481 e. The molecule has 1 saturated heterocycles. The molecule has 0 spiro atoms. The summed E-state index contributed by atoms with van der Waals surface area (Å²) in [6.45, 7) is 10.9. The van der Waals surface area contributed by atoms with Crippen LogP contribution in [0.15, 0.2) is 42.5 Å². The van der Waals surface area contributed by atoms with Gasteiger partial charge in [-0.1, -0.05) is 30.3 Å². The molecule has 0 aromatic heterocycles. The van der Waals surface area contributed by atoms with Gasteiger partial charge in [-0.15, -0.1) is 0 Å². The number of nitrogens with zero attached hydrogens (tertiary/aromatic N) is 1. The molecule has 0 saturated carbocycles. The Balaban J connectivity index is 1.46. The maximum Gasteiger partial charge on any atom is 0.261 e. The number of amides is 1. The van der Waals surface area contributed by atoms with Crippen LogP contribution in [0.2, 0.25) is 0 Å². The number of nitrogens with one attached hydrogen (secondary N) is 1. The van der Waals surface area contributed by atoms with Crippen LogP contribution in [0.1, 0.15) is 29.2 Å². The second-order valence-corrected chi connectivity index (χ2v) is 7.43. The third-order valence-corrected chi connectivity index (χ3v) is 5.16. The summed E-state index contributed by atoms with van der Waals surface area (Å²) in [5.74, 6) is 0.605. The Morgan fingerprint density at radius 1 is 1.07 bits per heavy atom. The molecular formula is C23H30N2O3. The van der Waals surface area contributed by atoms with Crippen LogP contribution in [-0.2, 0) is 22.6 Å². The van der Waals surface area contributed by atoms with Gasteiger partial charge in [0.05, 0.1) is 13.2 Å². The molecule has 0 radical (unpaired) electrons. The number of carbonyl (C=O) groups excluding carboxylic acids is 1. The Labute approximate surface area is 167 Å². The summed E-state index contributed by atoms with van der Waals surface area (Å²) in [4.78, 5) is 14.7. The molecule has 1 aliphatic heterocycles. The molecule has 1 fully saturated rings. The van der Waals surface area contributed by atoms with Gasteiger partial charge in [-0.05, 0) is 55.2 Å². The highest BCUT2D eigenvalue weighted by Crippen LogP contribution is 2.18. The number of hydrogen-bond acceptors (Lipinski definition) is 4. The average Bonchev–Trinajstić information content (AvgIpc) is 2.71. The summed E-state index contributed by atoms with van der Waals surface area (Å²) in [5, 5.41) is 2.95. The second-order valence-electron chi connectivity index (χ2n) is 7.43. The molecule has 5 nitrogen and oxygen atoms in total. The van der Waals surface area contributed by atoms with E-state index in [1.165, 1.54) is 11.1 Å². The standard InChI is InChI=1S/C23H30N2O3/c1-17-4-9-22(14-18(17)2)28-19(3)23(26)24-15-20-5-7-21(8-6-20)16-25-10-12-27-13-11-25/h4-9,14,19H,10-13,15-16H2,1-3H3,(H,24,26)/t19-/m0/s1. The zero-order valence-corrected chi connectivity index (χ0v) is 17.0. The zero-order valence-electron chi connectivity index (χ0n) is 17.0. The smallest absolute Gasteiger partial charge is 0.261 e. The lowest BCUT2D eigenvalue weighted by molar-refractivity contribution is -0.127. The van der Waals surface area contributed by atoms with E-state index in [1.807, 2.05) is 25.1 Å². The fourth-order valence-corrected chi connectivity index (χ4v) is 3.16. The van der Waals surface area contributed by atoms with Crippen LogP contribution >= 0.6 is 0 Å². The van der Waals surface area contributed by atoms with Gasteiger partial charge < -0.3 is 14.8 Å². The van der Waals surface area contributed by atoms with E-state index in [2.05, 4.69) is 41.4 Å². The highest BCUT2D eigenvalue weighted by atomic mass is 16.5. The van der Waals surface area contributed by atoms with E-state index in [0.29, 0.717) is 6.54 Å². The van der Waals surface area contributed by atoms with E-state index in [-0.39, 0.29) is 5.91 Å². The molecule has 1 atom stereocenters. The molecule has 1 N–H and O–H groups in total. The number of aryl methyl sites for hydroxylation is 2. The molecule has 2 aromatic carbocycles. The Hall–Kier alpha value is -2.37. The van der Waals surface area contributed by atoms with Gasteiger partial charge >= 0.3 is 0 Å². The first-order valence-corrected chi connectivity index (χ1v) is 9.91. The highest BCUT2D eigenvalue weighted by molar-refractivity contribution is 5.80. The van der Waals surface area contributed by atoms with E-state index < -0.39 is 6.10 Å². The molecule has 150 valence electrons. The van der Waals surface area contributed by atoms with Crippen molar-refractivity contribution in [2.45, 2.75) is 40.0 Å². The number of ether oxygens (including phenoxy) is 2. The maximum absolute atomic E-state index is 12.3. The van der Waals surface area contributed by atoms with Crippen molar-refractivity contribution in [3.8, 4) is 5.75 Å². The Morgan fingerprint density at radius 2 is 1.75 bits per heavy atom. The average molecular weight is 383 g/mol. The normalized spacial score (nSPS) is 15.8. The Morgan fingerprint density at radius 3 is 2.43 bits per heavy atom. The third-order valence-electron chi connectivity index (χ3n) is 5.16. The van der Waals surface area contributed by atoms with E-state index in [0.717, 1.165) is 49.7 Å². The van der Waals surface area contributed by atoms with Crippen LogP contribution in [0.4, 0.5) is 0 Å². The van der Waals surface area contributed by atoms with Crippen molar-refractivity contribution in [3.63, 3.8) is 0 Å². The van der Waals surface area contributed by atoms with Crippen molar-refractivity contribution < 1.29 is 14.3 Å². The topological polar surface area (TPSA) is 50.8 Å². The molecule has 5 heteroatoms. The lowest BCUT2D eigenvalue weighted by atomic mass is 10.1. The summed E-state index contributed by atoms with van der Waals surface area (Å²) in [5.41, 5.74) is 4.73. The molecule has 1 amide bonds. The number of rotatable bonds is 7. The van der Waals surface area contributed by atoms with Gasteiger partial charge in [0.2, 0.25) is 0 Å². The van der Waals surface area contributed by atoms with Gasteiger partial charge in [-0.25, -0.2) is 0 Å². The van der Waals surface area contributed by atoms with Gasteiger partial charge in [0, 0.05) is 26.2 Å². The summed E-state index contributed by atoms with van der Waals surface area (Å²) < 4.78 is 11.2. The summed E-state index contributed by atoms with van der Waals surface area (Å²) >= 11 is 0. The van der Waals surface area contributed by atoms with Crippen LogP contribution in [0.3, 0.4) is 0 Å². The predicted molar refractivity (Wildman–Crippen MR) is 110 cm³/mol. The summed E-state index contributed by atoms with van der Waals surface area (Å²) in [6.07, 6.45) is -0.539. The second kappa shape index (κ2) is 9.71. The predicted octanol–water partition coefficient (Wildman–Crippen LogP) is 3.22. The monoisotopic (exact) mass is 382 g/mol. The van der Waals surface area contributed by atoms with Crippen molar-refractivity contribution in [3.05, 3.63) is 64.7 Å². The molecule has 0 unspecified atom stereocenters. The molecule has 2 aromatic rings. The van der Waals surface area contributed by atoms with Crippen LogP contribution in [-0.4, -0.2) is 43.2 Å². The Bertz CT molecular complexity index is 783. The number of morpholine rings is 1. The van der Waals surface area contributed by atoms with Crippen LogP contribution in [0.5, 0.6) is 5.75 Å². The van der Waals surface area contributed by atoms with Gasteiger partial charge in [-0.3, -0.25) is 9.69 Å². The summed E-state index contributed by atoms with van der Waals surface area (Å²) in [6, 6.07) is 14.3. The Kier molecular flexibility index (Phi) is 7.06. The van der Waals surface area contributed by atoms with Crippen molar-refractivity contribution >= 4 is 5.91 Å². The van der Waals surface area contributed by atoms with Gasteiger partial charge in [0.1, 0.15) is 5.75 Å². The van der Waals surface area contributed by atoms with E-state index in [4.69, 9.17) is 9.47 Å². The minimum absolute atomic E-state index is 0.115. The minimum atomic E-state index is -0.539. The van der Waals surface area contributed by atoms with Crippen molar-refractivity contribution in [2.24, 2.45) is 0 Å². The van der Waals surface area contributed by atoms with E-state index >= 15 is 0 Å². The molecule has 0 aliphatic carbocycles. The summed E-state index contributed by atoms with van der Waals surface area (Å²) in [7, 11) is 0. The quantitative estimate of drug-likeness (QED) is 0.799. The van der Waals surface area contributed by atoms with Crippen LogP contribution in [0, 0.1) is 13.8 Å². The number of benzene rings is 2. The lowest BCUT2D eigenvalue weighted by Crippen LogP contribution is -2.36. The van der Waals surface area contributed by atoms with Crippen molar-refractivity contribution in [1.82, 2.24) is 10.2 Å². The fourth-order valence-electron chi connectivity index (χ4n) is 3.16. The largest absolute Gasteiger partial charge is 0.481 e. The van der Waals surface area contributed by atoms with Gasteiger partial charge in [-0.2, -0.15) is 0 Å². The lowest BCUT2D eigenvalue weighted by Gasteiger charge is -2.26. The number of hydrogen-bond donors (Lipinski definition) is 1. The fraction of sp³-hybridized carbons (Fsp3) is 0.435. The molecule has 3 rings (SSSR count). The van der Waals surface area contributed by atoms with Gasteiger partial charge in [0.25, 0.3) is 5.91 Å². The third kappa shape index (κ3) is 5.81. The van der Waals surface area contributed by atoms with Crippen molar-refractivity contribution in [1.29, 1.82) is 0 Å². The zero-order chi connectivity index (χ0) is 19.9. The molecule has 1 aliphatic rings. The van der Waals surface area contributed by atoms with Crippen LogP contribution < -0.4 is 10.1 Å². The molecule has 0 bridgehead atoms.